The first kappa shape index (κ1) is 42.6. The highest BCUT2D eigenvalue weighted by Crippen LogP contribution is 2.54. The maximum Gasteiger partial charge on any atom is 0.0568 e. The lowest BCUT2D eigenvalue weighted by molar-refractivity contribution is 0.660. The number of hydrogen-bond donors (Lipinski definition) is 0. The Labute approximate surface area is 417 Å². The highest BCUT2D eigenvalue weighted by Gasteiger charge is 2.38. The third-order valence-electron chi connectivity index (χ3n) is 15.8. The molecule has 2 nitrogen and oxygen atoms in total. The van der Waals surface area contributed by atoms with E-state index < -0.39 is 0 Å². The first-order chi connectivity index (χ1) is 34.6. The summed E-state index contributed by atoms with van der Waals surface area (Å²) in [6.45, 7) is 9.48. The average Bonchev–Trinajstić information content (AvgIpc) is 3.94. The van der Waals surface area contributed by atoms with E-state index in [-0.39, 0.29) is 10.8 Å². The van der Waals surface area contributed by atoms with Gasteiger partial charge in [-0.1, -0.05) is 222 Å². The number of benzene rings is 10. The molecule has 0 amide bonds. The van der Waals surface area contributed by atoms with Crippen molar-refractivity contribution >= 4 is 27.8 Å². The second kappa shape index (κ2) is 16.3. The summed E-state index contributed by atoms with van der Waals surface area (Å²) in [5.74, 6) is 0. The van der Waals surface area contributed by atoms with Gasteiger partial charge in [0.25, 0.3) is 0 Å². The van der Waals surface area contributed by atoms with Crippen LogP contribution in [0.2, 0.25) is 0 Å². The maximum atomic E-state index is 2.46. The summed E-state index contributed by atoms with van der Waals surface area (Å²) in [6, 6.07) is 87.8. The summed E-state index contributed by atoms with van der Waals surface area (Å²) in [7, 11) is 2.23. The fourth-order valence-electron chi connectivity index (χ4n) is 12.2. The minimum atomic E-state index is -0.119. The van der Waals surface area contributed by atoms with Gasteiger partial charge < -0.3 is 9.47 Å². The quantitative estimate of drug-likeness (QED) is 0.147. The molecular weight excluding hydrogens is 857 g/mol. The van der Waals surface area contributed by atoms with Crippen LogP contribution in [0.15, 0.2) is 237 Å². The van der Waals surface area contributed by atoms with Gasteiger partial charge in [-0.3, -0.25) is 0 Å². The number of hydrogen-bond acceptors (Lipinski definition) is 1. The van der Waals surface area contributed by atoms with Crippen molar-refractivity contribution in [2.24, 2.45) is 7.05 Å². The van der Waals surface area contributed by atoms with Gasteiger partial charge in [-0.15, -0.1) is 0 Å². The molecule has 0 saturated heterocycles. The van der Waals surface area contributed by atoms with Crippen molar-refractivity contribution in [2.75, 3.05) is 4.90 Å². The molecule has 2 heteroatoms. The van der Waals surface area contributed by atoms with Gasteiger partial charge in [0.2, 0.25) is 0 Å². The van der Waals surface area contributed by atoms with E-state index in [1.165, 1.54) is 111 Å². The van der Waals surface area contributed by atoms with Gasteiger partial charge in [0.05, 0.1) is 11.4 Å². The molecule has 340 valence electrons. The molecule has 1 aromatic heterocycles. The molecule has 13 rings (SSSR count). The lowest BCUT2D eigenvalue weighted by atomic mass is 9.82. The molecule has 71 heavy (non-hydrogen) atoms. The first-order valence-corrected chi connectivity index (χ1v) is 25.0. The highest BCUT2D eigenvalue weighted by atomic mass is 15.1. The number of fused-ring (bicyclic) bond motifs is 7. The molecule has 2 aliphatic carbocycles. The number of anilines is 3. The molecule has 0 aliphatic heterocycles. The number of nitrogens with zero attached hydrogens (tertiary/aromatic N) is 2. The van der Waals surface area contributed by atoms with Crippen LogP contribution in [0.3, 0.4) is 0 Å². The fraction of sp³-hybridized carbons (Fsp3) is 0.101. The van der Waals surface area contributed by atoms with E-state index in [0.29, 0.717) is 0 Å². The monoisotopic (exact) mass is 910 g/mol. The normalized spacial score (nSPS) is 13.6. The Morgan fingerprint density at radius 1 is 0.296 bits per heavy atom. The molecule has 0 N–H and O–H groups in total. The molecule has 0 bridgehead atoms. The molecule has 11 aromatic rings. The zero-order valence-corrected chi connectivity index (χ0v) is 40.9. The van der Waals surface area contributed by atoms with E-state index in [2.05, 4.69) is 281 Å². The van der Waals surface area contributed by atoms with Gasteiger partial charge in [-0.05, 0) is 131 Å². The highest BCUT2D eigenvalue weighted by molar-refractivity contribution is 6.04. The van der Waals surface area contributed by atoms with E-state index in [1.807, 2.05) is 0 Å². The molecule has 0 saturated carbocycles. The second-order valence-electron chi connectivity index (χ2n) is 20.6. The van der Waals surface area contributed by atoms with Crippen molar-refractivity contribution in [3.8, 4) is 78.1 Å². The molecule has 0 spiro atoms. The zero-order valence-electron chi connectivity index (χ0n) is 40.9. The average molecular weight is 911 g/mol. The Hall–Kier alpha value is -8.46. The molecule has 0 unspecified atom stereocenters. The van der Waals surface area contributed by atoms with Gasteiger partial charge >= 0.3 is 0 Å². The standard InChI is InChI=1S/C69H54N2/c1-68(2)60-26-16-14-24-56(60)58-40-38-54(43-62(58)68)71(55-39-41-59-57-25-15-17-27-61(57)69(3,4)63(59)44-55)53-36-34-47(35-37-53)46-28-31-48(32-29-46)64-65(52-33-30-45-18-12-13-23-51(45)42-52)67(50-21-10-7-11-22-50)70(5)66(64)49-19-8-6-9-20-49/h6-44H,1-5H3. The first-order valence-electron chi connectivity index (χ1n) is 25.0. The van der Waals surface area contributed by atoms with Crippen molar-refractivity contribution in [3.63, 3.8) is 0 Å². The Kier molecular flexibility index (Phi) is 9.80. The zero-order chi connectivity index (χ0) is 48.0. The Morgan fingerprint density at radius 3 is 1.23 bits per heavy atom. The Morgan fingerprint density at radius 2 is 0.690 bits per heavy atom. The molecule has 10 aromatic carbocycles. The van der Waals surface area contributed by atoms with Crippen LogP contribution in [-0.2, 0) is 17.9 Å². The smallest absolute Gasteiger partial charge is 0.0568 e. The van der Waals surface area contributed by atoms with Gasteiger partial charge in [-0.25, -0.2) is 0 Å². The fourth-order valence-corrected chi connectivity index (χ4v) is 12.2. The third kappa shape index (κ3) is 6.77. The van der Waals surface area contributed by atoms with E-state index in [4.69, 9.17) is 0 Å². The van der Waals surface area contributed by atoms with Crippen LogP contribution >= 0.6 is 0 Å². The topological polar surface area (TPSA) is 8.17 Å². The lowest BCUT2D eigenvalue weighted by Crippen LogP contribution is -2.18. The number of aromatic nitrogens is 1. The third-order valence-corrected chi connectivity index (χ3v) is 15.8. The predicted octanol–water partition coefficient (Wildman–Crippen LogP) is 18.6. The molecule has 2 aliphatic rings. The van der Waals surface area contributed by atoms with Crippen LogP contribution in [0.4, 0.5) is 17.1 Å². The van der Waals surface area contributed by atoms with E-state index >= 15 is 0 Å². The maximum absolute atomic E-state index is 2.46. The van der Waals surface area contributed by atoms with Crippen LogP contribution in [0, 0.1) is 0 Å². The number of rotatable bonds is 8. The van der Waals surface area contributed by atoms with Crippen LogP contribution < -0.4 is 4.90 Å². The second-order valence-corrected chi connectivity index (χ2v) is 20.6. The van der Waals surface area contributed by atoms with Crippen LogP contribution in [0.25, 0.3) is 88.9 Å². The van der Waals surface area contributed by atoms with Crippen molar-refractivity contribution in [1.82, 2.24) is 4.57 Å². The summed E-state index contributed by atoms with van der Waals surface area (Å²) >= 11 is 0. The van der Waals surface area contributed by atoms with E-state index in [1.54, 1.807) is 0 Å². The van der Waals surface area contributed by atoms with E-state index in [9.17, 15) is 0 Å². The SMILES string of the molecule is Cn1c(-c2ccccc2)c(-c2ccc(-c3ccc(N(c4ccc5c(c4)C(C)(C)c4ccccc4-5)c4ccc5c(c4)C(C)(C)c4ccccc4-5)cc3)cc2)c(-c2ccc3ccccc3c2)c1-c1ccccc1. The van der Waals surface area contributed by atoms with Gasteiger partial charge in [-0.2, -0.15) is 0 Å². The van der Waals surface area contributed by atoms with Crippen molar-refractivity contribution in [1.29, 1.82) is 0 Å². The summed E-state index contributed by atoms with van der Waals surface area (Å²) < 4.78 is 2.41. The van der Waals surface area contributed by atoms with Crippen molar-refractivity contribution in [3.05, 3.63) is 259 Å². The Bertz CT molecular complexity index is 3750. The van der Waals surface area contributed by atoms with E-state index in [0.717, 1.165) is 17.1 Å². The minimum absolute atomic E-state index is 0.119. The van der Waals surface area contributed by atoms with Gasteiger partial charge in [0, 0.05) is 46.1 Å². The lowest BCUT2D eigenvalue weighted by Gasteiger charge is -2.30. The molecule has 0 atom stereocenters. The van der Waals surface area contributed by atoms with Crippen LogP contribution in [-0.4, -0.2) is 4.57 Å². The largest absolute Gasteiger partial charge is 0.343 e. The summed E-state index contributed by atoms with van der Waals surface area (Å²) in [5.41, 5.74) is 26.0. The summed E-state index contributed by atoms with van der Waals surface area (Å²) in [5, 5.41) is 2.47. The Balaban J connectivity index is 0.923. The molecular formula is C69H54N2. The van der Waals surface area contributed by atoms with Crippen molar-refractivity contribution < 1.29 is 0 Å². The molecule has 0 radical (unpaired) electrons. The van der Waals surface area contributed by atoms with Crippen LogP contribution in [0.5, 0.6) is 0 Å². The predicted molar refractivity (Wildman–Crippen MR) is 300 cm³/mol. The molecule has 1 heterocycles. The summed E-state index contributed by atoms with van der Waals surface area (Å²) in [4.78, 5) is 2.46. The van der Waals surface area contributed by atoms with Crippen molar-refractivity contribution in [2.45, 2.75) is 38.5 Å². The summed E-state index contributed by atoms with van der Waals surface area (Å²) in [6.07, 6.45) is 0. The van der Waals surface area contributed by atoms with Crippen LogP contribution in [0.1, 0.15) is 49.9 Å². The van der Waals surface area contributed by atoms with Gasteiger partial charge in [0.1, 0.15) is 0 Å². The van der Waals surface area contributed by atoms with Gasteiger partial charge in [0.15, 0.2) is 0 Å². The molecule has 0 fully saturated rings. The minimum Gasteiger partial charge on any atom is -0.343 e.